The minimum atomic E-state index is -0.195. The summed E-state index contributed by atoms with van der Waals surface area (Å²) in [4.78, 5) is 29.9. The molecule has 0 fully saturated rings. The predicted molar refractivity (Wildman–Crippen MR) is 119 cm³/mol. The molecule has 152 valence electrons. The average molecular weight is 420 g/mol. The minimum absolute atomic E-state index is 0.0823. The van der Waals surface area contributed by atoms with Gasteiger partial charge in [-0.2, -0.15) is 0 Å². The van der Waals surface area contributed by atoms with Crippen molar-refractivity contribution >= 4 is 33.6 Å². The molecule has 2 aromatic heterocycles. The van der Waals surface area contributed by atoms with Crippen molar-refractivity contribution in [3.05, 3.63) is 87.3 Å². The molecule has 0 spiro atoms. The van der Waals surface area contributed by atoms with Gasteiger partial charge in [0.05, 0.1) is 19.3 Å². The summed E-state index contributed by atoms with van der Waals surface area (Å²) >= 11 is 1.44. The summed E-state index contributed by atoms with van der Waals surface area (Å²) < 4.78 is 6.72. The fourth-order valence-electron chi connectivity index (χ4n) is 3.00. The van der Waals surface area contributed by atoms with E-state index in [9.17, 15) is 9.59 Å². The summed E-state index contributed by atoms with van der Waals surface area (Å²) in [6.45, 7) is 2.30. The number of amides is 1. The lowest BCUT2D eigenvalue weighted by Crippen LogP contribution is -2.16. The van der Waals surface area contributed by atoms with E-state index in [0.717, 1.165) is 17.1 Å². The number of thiazole rings is 1. The Kier molecular flexibility index (Phi) is 5.49. The van der Waals surface area contributed by atoms with Crippen molar-refractivity contribution < 1.29 is 9.53 Å². The Labute approximate surface area is 177 Å². The van der Waals surface area contributed by atoms with Crippen LogP contribution < -0.4 is 20.9 Å². The number of benzene rings is 2. The van der Waals surface area contributed by atoms with Crippen LogP contribution in [0.1, 0.15) is 21.7 Å². The molecule has 30 heavy (non-hydrogen) atoms. The third-order valence-corrected chi connectivity index (χ3v) is 5.54. The Morgan fingerprint density at radius 1 is 1.10 bits per heavy atom. The fourth-order valence-corrected chi connectivity index (χ4v) is 3.89. The maximum atomic E-state index is 12.4. The van der Waals surface area contributed by atoms with E-state index in [-0.39, 0.29) is 11.5 Å². The van der Waals surface area contributed by atoms with Crippen LogP contribution in [0.5, 0.6) is 5.75 Å². The molecule has 4 aromatic rings. The molecule has 0 aliphatic heterocycles. The monoisotopic (exact) mass is 420 g/mol. The number of fused-ring (bicyclic) bond motifs is 1. The molecule has 2 heterocycles. The summed E-state index contributed by atoms with van der Waals surface area (Å²) in [5.74, 6) is 0.536. The second-order valence-corrected chi connectivity index (χ2v) is 7.53. The van der Waals surface area contributed by atoms with Crippen LogP contribution in [0.15, 0.2) is 64.8 Å². The summed E-state index contributed by atoms with van der Waals surface area (Å²) in [5, 5.41) is 8.00. The van der Waals surface area contributed by atoms with E-state index in [0.29, 0.717) is 28.5 Å². The van der Waals surface area contributed by atoms with Gasteiger partial charge in [0.25, 0.3) is 11.5 Å². The zero-order valence-corrected chi connectivity index (χ0v) is 17.3. The van der Waals surface area contributed by atoms with Crippen molar-refractivity contribution in [1.29, 1.82) is 0 Å². The number of anilines is 2. The minimum Gasteiger partial charge on any atom is -0.497 e. The number of hydrogen-bond acceptors (Lipinski definition) is 6. The number of carbonyl (C=O) groups excluding carboxylic acids is 1. The number of methoxy groups -OCH3 is 1. The number of hydrogen-bond donors (Lipinski definition) is 2. The van der Waals surface area contributed by atoms with Crippen LogP contribution >= 0.6 is 11.3 Å². The molecule has 0 bridgehead atoms. The van der Waals surface area contributed by atoms with E-state index < -0.39 is 0 Å². The molecule has 0 saturated carbocycles. The lowest BCUT2D eigenvalue weighted by atomic mass is 10.2. The Morgan fingerprint density at radius 3 is 2.50 bits per heavy atom. The van der Waals surface area contributed by atoms with Crippen molar-refractivity contribution in [1.82, 2.24) is 9.38 Å². The molecule has 0 unspecified atom stereocenters. The van der Waals surface area contributed by atoms with Gasteiger partial charge in [-0.25, -0.2) is 4.98 Å². The number of nitrogens with one attached hydrogen (secondary N) is 2. The van der Waals surface area contributed by atoms with Gasteiger partial charge in [0, 0.05) is 34.1 Å². The Bertz CT molecular complexity index is 1240. The molecule has 0 radical (unpaired) electrons. The number of ether oxygens (including phenoxy) is 1. The highest BCUT2D eigenvalue weighted by molar-refractivity contribution is 7.15. The molecule has 1 amide bonds. The van der Waals surface area contributed by atoms with Crippen LogP contribution in [0.2, 0.25) is 0 Å². The average Bonchev–Trinajstić information content (AvgIpc) is 3.14. The van der Waals surface area contributed by atoms with Gasteiger partial charge < -0.3 is 15.4 Å². The van der Waals surface area contributed by atoms with E-state index in [4.69, 9.17) is 4.74 Å². The molecular formula is C22H20N4O3S. The van der Waals surface area contributed by atoms with E-state index in [2.05, 4.69) is 15.6 Å². The van der Waals surface area contributed by atoms with Gasteiger partial charge >= 0.3 is 0 Å². The predicted octanol–water partition coefficient (Wildman–Crippen LogP) is 3.94. The second kappa shape index (κ2) is 8.38. The van der Waals surface area contributed by atoms with Crippen molar-refractivity contribution in [2.45, 2.75) is 13.5 Å². The molecule has 0 atom stereocenters. The standard InChI is InChI=1S/C22H20N4O3S/c1-14-13-30-22-25-18(11-20(27)26(14)22)12-23-16-5-3-15(4-6-16)21(28)24-17-7-9-19(29-2)10-8-17/h3-11,13,23H,12H2,1-2H3,(H,24,28). The van der Waals surface area contributed by atoms with Crippen LogP contribution in [0.3, 0.4) is 0 Å². The largest absolute Gasteiger partial charge is 0.497 e. The molecule has 2 N–H and O–H groups in total. The van der Waals surface area contributed by atoms with Gasteiger partial charge in [0.1, 0.15) is 5.75 Å². The zero-order chi connectivity index (χ0) is 21.1. The van der Waals surface area contributed by atoms with Gasteiger partial charge in [0.15, 0.2) is 4.96 Å². The lowest BCUT2D eigenvalue weighted by Gasteiger charge is -2.09. The van der Waals surface area contributed by atoms with Crippen LogP contribution in [-0.2, 0) is 6.54 Å². The topological polar surface area (TPSA) is 84.7 Å². The molecule has 0 aliphatic rings. The first-order chi connectivity index (χ1) is 14.5. The normalized spacial score (nSPS) is 10.7. The Morgan fingerprint density at radius 2 is 1.80 bits per heavy atom. The van der Waals surface area contributed by atoms with Crippen LogP contribution in [0.4, 0.5) is 11.4 Å². The van der Waals surface area contributed by atoms with Crippen molar-refractivity contribution in [3.63, 3.8) is 0 Å². The van der Waals surface area contributed by atoms with Gasteiger partial charge in [-0.15, -0.1) is 11.3 Å². The summed E-state index contributed by atoms with van der Waals surface area (Å²) in [6.07, 6.45) is 0. The number of nitrogens with zero attached hydrogens (tertiary/aromatic N) is 2. The van der Waals surface area contributed by atoms with Crippen molar-refractivity contribution in [2.75, 3.05) is 17.7 Å². The van der Waals surface area contributed by atoms with Crippen LogP contribution in [0.25, 0.3) is 4.96 Å². The molecule has 0 saturated heterocycles. The first-order valence-corrected chi connectivity index (χ1v) is 10.2. The van der Waals surface area contributed by atoms with Crippen LogP contribution in [0, 0.1) is 6.92 Å². The molecular weight excluding hydrogens is 400 g/mol. The van der Waals surface area contributed by atoms with E-state index in [1.165, 1.54) is 17.4 Å². The first kappa shape index (κ1) is 19.7. The van der Waals surface area contributed by atoms with Crippen LogP contribution in [-0.4, -0.2) is 22.4 Å². The fraction of sp³-hybridized carbons (Fsp3) is 0.136. The Hall–Kier alpha value is -3.65. The highest BCUT2D eigenvalue weighted by Crippen LogP contribution is 2.17. The maximum absolute atomic E-state index is 12.4. The molecule has 7 nitrogen and oxygen atoms in total. The number of rotatable bonds is 6. The second-order valence-electron chi connectivity index (χ2n) is 6.69. The lowest BCUT2D eigenvalue weighted by molar-refractivity contribution is 0.102. The first-order valence-electron chi connectivity index (χ1n) is 9.29. The maximum Gasteiger partial charge on any atom is 0.259 e. The highest BCUT2D eigenvalue weighted by Gasteiger charge is 2.08. The third kappa shape index (κ3) is 4.18. The van der Waals surface area contributed by atoms with Crippen molar-refractivity contribution in [2.24, 2.45) is 0 Å². The number of carbonyl (C=O) groups is 1. The van der Waals surface area contributed by atoms with E-state index in [1.54, 1.807) is 47.9 Å². The molecule has 2 aromatic carbocycles. The molecule has 4 rings (SSSR count). The third-order valence-electron chi connectivity index (χ3n) is 4.60. The number of aryl methyl sites for hydroxylation is 1. The van der Waals surface area contributed by atoms with Crippen molar-refractivity contribution in [3.8, 4) is 5.75 Å². The van der Waals surface area contributed by atoms with Gasteiger partial charge in [-0.1, -0.05) is 0 Å². The quantitative estimate of drug-likeness (QED) is 0.494. The summed E-state index contributed by atoms with van der Waals surface area (Å²) in [7, 11) is 1.60. The van der Waals surface area contributed by atoms with Gasteiger partial charge in [0.2, 0.25) is 0 Å². The summed E-state index contributed by atoms with van der Waals surface area (Å²) in [6, 6.07) is 15.8. The zero-order valence-electron chi connectivity index (χ0n) is 16.5. The van der Waals surface area contributed by atoms with E-state index in [1.807, 2.05) is 24.4 Å². The smallest absolute Gasteiger partial charge is 0.259 e. The highest BCUT2D eigenvalue weighted by atomic mass is 32.1. The number of aromatic nitrogens is 2. The summed E-state index contributed by atoms with van der Waals surface area (Å²) in [5.41, 5.74) is 3.54. The SMILES string of the molecule is COc1ccc(NC(=O)c2ccc(NCc3cc(=O)n4c(C)csc4n3)cc2)cc1. The molecule has 0 aliphatic carbocycles. The Balaban J connectivity index is 1.39. The molecule has 8 heteroatoms. The van der Waals surface area contributed by atoms with E-state index >= 15 is 0 Å². The van der Waals surface area contributed by atoms with Gasteiger partial charge in [-0.3, -0.25) is 14.0 Å². The van der Waals surface area contributed by atoms with Gasteiger partial charge in [-0.05, 0) is 55.5 Å².